The minimum atomic E-state index is 0.403. The SMILES string of the molecule is CC(C)c1ccc(OCC2(C)CC2)c(Cl)c1. The van der Waals surface area contributed by atoms with E-state index in [2.05, 4.69) is 26.8 Å². The second-order valence-electron chi connectivity index (χ2n) is 5.44. The number of halogens is 1. The average molecular weight is 239 g/mol. The maximum atomic E-state index is 6.20. The Morgan fingerprint density at radius 3 is 2.56 bits per heavy atom. The van der Waals surface area contributed by atoms with Crippen molar-refractivity contribution in [3.05, 3.63) is 28.8 Å². The molecule has 0 amide bonds. The summed E-state index contributed by atoms with van der Waals surface area (Å²) < 4.78 is 5.77. The summed E-state index contributed by atoms with van der Waals surface area (Å²) in [6.45, 7) is 7.37. The molecule has 1 saturated carbocycles. The van der Waals surface area contributed by atoms with Gasteiger partial charge in [-0.3, -0.25) is 0 Å². The Labute approximate surface area is 103 Å². The molecule has 0 heterocycles. The first kappa shape index (κ1) is 11.8. The van der Waals surface area contributed by atoms with E-state index < -0.39 is 0 Å². The first-order valence-corrected chi connectivity index (χ1v) is 6.30. The van der Waals surface area contributed by atoms with Crippen molar-refractivity contribution in [3.63, 3.8) is 0 Å². The van der Waals surface area contributed by atoms with Crippen LogP contribution >= 0.6 is 11.6 Å². The Hall–Kier alpha value is -0.690. The standard InChI is InChI=1S/C14H19ClO/c1-10(2)11-4-5-13(12(15)8-11)16-9-14(3)6-7-14/h4-5,8,10H,6-7,9H2,1-3H3. The average Bonchev–Trinajstić information content (AvgIpc) is 2.95. The van der Waals surface area contributed by atoms with Gasteiger partial charge in [-0.15, -0.1) is 0 Å². The molecule has 0 saturated heterocycles. The van der Waals surface area contributed by atoms with Crippen molar-refractivity contribution in [1.82, 2.24) is 0 Å². The summed E-state index contributed by atoms with van der Waals surface area (Å²) in [6, 6.07) is 6.10. The monoisotopic (exact) mass is 238 g/mol. The van der Waals surface area contributed by atoms with Crippen LogP contribution in [0, 0.1) is 5.41 Å². The molecule has 0 atom stereocenters. The molecule has 2 heteroatoms. The highest BCUT2D eigenvalue weighted by Crippen LogP contribution is 2.45. The zero-order valence-electron chi connectivity index (χ0n) is 10.2. The molecule has 1 aliphatic rings. The predicted octanol–water partition coefficient (Wildman–Crippen LogP) is 4.64. The van der Waals surface area contributed by atoms with E-state index in [1.54, 1.807) is 0 Å². The van der Waals surface area contributed by atoms with E-state index >= 15 is 0 Å². The van der Waals surface area contributed by atoms with Gasteiger partial charge in [0, 0.05) is 5.41 Å². The van der Waals surface area contributed by atoms with Crippen LogP contribution in [0.3, 0.4) is 0 Å². The summed E-state index contributed by atoms with van der Waals surface area (Å²) >= 11 is 6.20. The van der Waals surface area contributed by atoms with Crippen molar-refractivity contribution in [2.75, 3.05) is 6.61 Å². The van der Waals surface area contributed by atoms with E-state index in [0.717, 1.165) is 17.4 Å². The lowest BCUT2D eigenvalue weighted by atomic mass is 10.0. The number of hydrogen-bond donors (Lipinski definition) is 0. The third-order valence-corrected chi connectivity index (χ3v) is 3.60. The third kappa shape index (κ3) is 2.70. The zero-order chi connectivity index (χ0) is 11.8. The summed E-state index contributed by atoms with van der Waals surface area (Å²) in [5.74, 6) is 1.33. The summed E-state index contributed by atoms with van der Waals surface area (Å²) in [4.78, 5) is 0. The van der Waals surface area contributed by atoms with Crippen LogP contribution in [0.5, 0.6) is 5.75 Å². The fourth-order valence-corrected chi connectivity index (χ4v) is 1.85. The van der Waals surface area contributed by atoms with Crippen molar-refractivity contribution >= 4 is 11.6 Å². The van der Waals surface area contributed by atoms with E-state index in [4.69, 9.17) is 16.3 Å². The molecule has 1 nitrogen and oxygen atoms in total. The minimum absolute atomic E-state index is 0.403. The second-order valence-corrected chi connectivity index (χ2v) is 5.85. The topological polar surface area (TPSA) is 9.23 Å². The highest BCUT2D eigenvalue weighted by molar-refractivity contribution is 6.32. The first-order chi connectivity index (χ1) is 7.50. The van der Waals surface area contributed by atoms with Gasteiger partial charge in [-0.2, -0.15) is 0 Å². The fourth-order valence-electron chi connectivity index (χ4n) is 1.60. The van der Waals surface area contributed by atoms with Crippen LogP contribution in [0.25, 0.3) is 0 Å². The molecule has 88 valence electrons. The van der Waals surface area contributed by atoms with Gasteiger partial charge in [0.25, 0.3) is 0 Å². The van der Waals surface area contributed by atoms with Gasteiger partial charge >= 0.3 is 0 Å². The highest BCUT2D eigenvalue weighted by atomic mass is 35.5. The van der Waals surface area contributed by atoms with Crippen LogP contribution in [0.2, 0.25) is 5.02 Å². The molecule has 1 aromatic rings. The van der Waals surface area contributed by atoms with Crippen molar-refractivity contribution in [1.29, 1.82) is 0 Å². The lowest BCUT2D eigenvalue weighted by Gasteiger charge is -2.13. The minimum Gasteiger partial charge on any atom is -0.491 e. The largest absolute Gasteiger partial charge is 0.491 e. The molecule has 16 heavy (non-hydrogen) atoms. The summed E-state index contributed by atoms with van der Waals surface area (Å²) in [7, 11) is 0. The van der Waals surface area contributed by atoms with Crippen molar-refractivity contribution in [3.8, 4) is 5.75 Å². The molecule has 0 N–H and O–H groups in total. The smallest absolute Gasteiger partial charge is 0.137 e. The normalized spacial score (nSPS) is 17.6. The van der Waals surface area contributed by atoms with Crippen LogP contribution < -0.4 is 4.74 Å². The van der Waals surface area contributed by atoms with Crippen molar-refractivity contribution < 1.29 is 4.74 Å². The molecule has 1 fully saturated rings. The second kappa shape index (κ2) is 4.29. The molecule has 0 aliphatic heterocycles. The molecule has 0 unspecified atom stereocenters. The molecule has 2 rings (SSSR count). The summed E-state index contributed by atoms with van der Waals surface area (Å²) in [5, 5.41) is 0.732. The predicted molar refractivity (Wildman–Crippen MR) is 68.4 cm³/mol. The molecule has 0 radical (unpaired) electrons. The Bertz CT molecular complexity index is 380. The molecule has 0 bridgehead atoms. The lowest BCUT2D eigenvalue weighted by Crippen LogP contribution is -2.09. The first-order valence-electron chi connectivity index (χ1n) is 5.92. The van der Waals surface area contributed by atoms with Gasteiger partial charge < -0.3 is 4.74 Å². The van der Waals surface area contributed by atoms with Gasteiger partial charge in [0.05, 0.1) is 11.6 Å². The molecular weight excluding hydrogens is 220 g/mol. The third-order valence-electron chi connectivity index (χ3n) is 3.30. The van der Waals surface area contributed by atoms with Crippen molar-refractivity contribution in [2.45, 2.75) is 39.5 Å². The zero-order valence-corrected chi connectivity index (χ0v) is 11.0. The van der Waals surface area contributed by atoms with Crippen LogP contribution in [-0.2, 0) is 0 Å². The van der Waals surface area contributed by atoms with Crippen LogP contribution in [0.1, 0.15) is 45.1 Å². The fraction of sp³-hybridized carbons (Fsp3) is 0.571. The van der Waals surface area contributed by atoms with E-state index in [-0.39, 0.29) is 0 Å². The maximum absolute atomic E-state index is 6.20. The molecule has 0 spiro atoms. The molecule has 1 aromatic carbocycles. The quantitative estimate of drug-likeness (QED) is 0.743. The maximum Gasteiger partial charge on any atom is 0.137 e. The Balaban J connectivity index is 2.04. The number of benzene rings is 1. The van der Waals surface area contributed by atoms with E-state index in [9.17, 15) is 0 Å². The van der Waals surface area contributed by atoms with Gasteiger partial charge in [0.1, 0.15) is 5.75 Å². The van der Waals surface area contributed by atoms with Gasteiger partial charge in [-0.25, -0.2) is 0 Å². The highest BCUT2D eigenvalue weighted by Gasteiger charge is 2.38. The van der Waals surface area contributed by atoms with Crippen molar-refractivity contribution in [2.24, 2.45) is 5.41 Å². The number of hydrogen-bond acceptors (Lipinski definition) is 1. The van der Waals surface area contributed by atoms with Gasteiger partial charge in [0.2, 0.25) is 0 Å². The number of rotatable bonds is 4. The van der Waals surface area contributed by atoms with E-state index in [0.29, 0.717) is 11.3 Å². The van der Waals surface area contributed by atoms with Gasteiger partial charge in [-0.1, -0.05) is 38.4 Å². The van der Waals surface area contributed by atoms with E-state index in [1.165, 1.54) is 18.4 Å². The molecular formula is C14H19ClO. The summed E-state index contributed by atoms with van der Waals surface area (Å²) in [6.07, 6.45) is 2.55. The Kier molecular flexibility index (Phi) is 3.16. The lowest BCUT2D eigenvalue weighted by molar-refractivity contribution is 0.247. The Morgan fingerprint density at radius 2 is 2.06 bits per heavy atom. The molecule has 0 aromatic heterocycles. The molecule has 1 aliphatic carbocycles. The Morgan fingerprint density at radius 1 is 1.38 bits per heavy atom. The van der Waals surface area contributed by atoms with Gasteiger partial charge in [0.15, 0.2) is 0 Å². The van der Waals surface area contributed by atoms with Crippen LogP contribution in [0.4, 0.5) is 0 Å². The van der Waals surface area contributed by atoms with Crippen LogP contribution in [0.15, 0.2) is 18.2 Å². The van der Waals surface area contributed by atoms with Gasteiger partial charge in [-0.05, 0) is 36.5 Å². The number of ether oxygens (including phenoxy) is 1. The van der Waals surface area contributed by atoms with Crippen LogP contribution in [-0.4, -0.2) is 6.61 Å². The summed E-state index contributed by atoms with van der Waals surface area (Å²) in [5.41, 5.74) is 1.66. The van der Waals surface area contributed by atoms with E-state index in [1.807, 2.05) is 12.1 Å².